The van der Waals surface area contributed by atoms with Gasteiger partial charge < -0.3 is 20.1 Å². The van der Waals surface area contributed by atoms with Gasteiger partial charge in [0.15, 0.2) is 0 Å². The summed E-state index contributed by atoms with van der Waals surface area (Å²) in [4.78, 5) is 0. The zero-order valence-electron chi connectivity index (χ0n) is 6.47. The second-order valence-electron chi connectivity index (χ2n) is 2.96. The molecular weight excluding hydrogens is 148 g/mol. The fourth-order valence-corrected chi connectivity index (χ4v) is 1.31. The summed E-state index contributed by atoms with van der Waals surface area (Å²) in [6, 6.07) is 0. The normalized spacial score (nSPS) is 45.8. The van der Waals surface area contributed by atoms with Crippen molar-refractivity contribution in [3.05, 3.63) is 0 Å². The summed E-state index contributed by atoms with van der Waals surface area (Å²) in [5.41, 5.74) is 0. The smallest absolute Gasteiger partial charge is 0.109 e. The van der Waals surface area contributed by atoms with E-state index in [1.807, 2.05) is 0 Å². The molecule has 0 bridgehead atoms. The Hall–Kier alpha value is -0.160. The second kappa shape index (κ2) is 3.49. The van der Waals surface area contributed by atoms with Crippen LogP contribution in [-0.4, -0.2) is 46.3 Å². The quantitative estimate of drug-likeness (QED) is 0.456. The van der Waals surface area contributed by atoms with Gasteiger partial charge in [0.05, 0.1) is 18.8 Å². The monoisotopic (exact) mass is 162 g/mol. The van der Waals surface area contributed by atoms with Gasteiger partial charge in [0.1, 0.15) is 12.2 Å². The highest BCUT2D eigenvalue weighted by Gasteiger charge is 2.34. The molecular formula is C7H14O4. The van der Waals surface area contributed by atoms with Crippen LogP contribution in [0.3, 0.4) is 0 Å². The van der Waals surface area contributed by atoms with Gasteiger partial charge in [0.2, 0.25) is 0 Å². The van der Waals surface area contributed by atoms with Gasteiger partial charge >= 0.3 is 0 Å². The summed E-state index contributed by atoms with van der Waals surface area (Å²) in [6.45, 7) is 1.56. The fraction of sp³-hybridized carbons (Fsp3) is 1.00. The molecule has 0 aromatic rings. The summed E-state index contributed by atoms with van der Waals surface area (Å²) in [7, 11) is 0. The predicted molar refractivity (Wildman–Crippen MR) is 38.1 cm³/mol. The molecule has 66 valence electrons. The third-order valence-corrected chi connectivity index (χ3v) is 1.94. The van der Waals surface area contributed by atoms with Gasteiger partial charge in [-0.05, 0) is 6.92 Å². The van der Waals surface area contributed by atoms with Crippen LogP contribution in [-0.2, 0) is 4.74 Å². The first-order valence-electron chi connectivity index (χ1n) is 3.77. The Kier molecular flexibility index (Phi) is 2.84. The van der Waals surface area contributed by atoms with E-state index in [-0.39, 0.29) is 12.7 Å². The van der Waals surface area contributed by atoms with Gasteiger partial charge in [-0.2, -0.15) is 0 Å². The first kappa shape index (κ1) is 8.93. The molecule has 4 atom stereocenters. The molecule has 0 amide bonds. The molecule has 1 rings (SSSR count). The summed E-state index contributed by atoms with van der Waals surface area (Å²) in [5.74, 6) is 0. The van der Waals surface area contributed by atoms with Crippen LogP contribution >= 0.6 is 0 Å². The van der Waals surface area contributed by atoms with Crippen molar-refractivity contribution in [3.63, 3.8) is 0 Å². The van der Waals surface area contributed by atoms with Crippen molar-refractivity contribution < 1.29 is 20.1 Å². The molecule has 1 unspecified atom stereocenters. The van der Waals surface area contributed by atoms with Crippen molar-refractivity contribution in [1.29, 1.82) is 0 Å². The van der Waals surface area contributed by atoms with Gasteiger partial charge in [-0.25, -0.2) is 0 Å². The largest absolute Gasteiger partial charge is 0.394 e. The van der Waals surface area contributed by atoms with Crippen molar-refractivity contribution in [2.24, 2.45) is 0 Å². The molecule has 0 saturated carbocycles. The number of aliphatic hydroxyl groups excluding tert-OH is 3. The molecule has 0 aromatic carbocycles. The minimum absolute atomic E-state index is 0.0921. The second-order valence-corrected chi connectivity index (χ2v) is 2.96. The van der Waals surface area contributed by atoms with Crippen molar-refractivity contribution in [3.8, 4) is 0 Å². The average Bonchev–Trinajstić information content (AvgIpc) is 1.96. The van der Waals surface area contributed by atoms with Crippen LogP contribution in [0.4, 0.5) is 0 Å². The molecule has 1 fully saturated rings. The third kappa shape index (κ3) is 1.90. The Bertz CT molecular complexity index is 128. The van der Waals surface area contributed by atoms with Crippen molar-refractivity contribution in [2.45, 2.75) is 37.8 Å². The standard InChI is InChI=1S/C7H14O4/c1-4-2-5(9)7(10)6(3-8)11-4/h4-10H,2-3H2,1H3/t4?,5-,6-,7+/m1/s1. The highest BCUT2D eigenvalue weighted by atomic mass is 16.5. The van der Waals surface area contributed by atoms with Gasteiger partial charge in [-0.3, -0.25) is 0 Å². The molecule has 1 aliphatic heterocycles. The molecule has 4 heteroatoms. The van der Waals surface area contributed by atoms with E-state index in [1.54, 1.807) is 6.92 Å². The molecule has 3 N–H and O–H groups in total. The van der Waals surface area contributed by atoms with E-state index >= 15 is 0 Å². The Morgan fingerprint density at radius 3 is 2.64 bits per heavy atom. The Morgan fingerprint density at radius 1 is 1.45 bits per heavy atom. The summed E-state index contributed by atoms with van der Waals surface area (Å²) in [5, 5.41) is 27.1. The lowest BCUT2D eigenvalue weighted by atomic mass is 9.99. The van der Waals surface area contributed by atoms with E-state index < -0.39 is 18.3 Å². The van der Waals surface area contributed by atoms with Crippen LogP contribution in [0.1, 0.15) is 13.3 Å². The van der Waals surface area contributed by atoms with E-state index in [2.05, 4.69) is 0 Å². The lowest BCUT2D eigenvalue weighted by Gasteiger charge is -2.34. The number of ether oxygens (including phenoxy) is 1. The minimum atomic E-state index is -0.948. The molecule has 0 aliphatic carbocycles. The van der Waals surface area contributed by atoms with Crippen LogP contribution in [0.15, 0.2) is 0 Å². The zero-order chi connectivity index (χ0) is 8.43. The highest BCUT2D eigenvalue weighted by Crippen LogP contribution is 2.19. The van der Waals surface area contributed by atoms with Gasteiger partial charge in [0, 0.05) is 6.42 Å². The molecule has 0 spiro atoms. The Labute approximate surface area is 65.4 Å². The number of hydrogen-bond donors (Lipinski definition) is 3. The van der Waals surface area contributed by atoms with E-state index in [9.17, 15) is 10.2 Å². The molecule has 11 heavy (non-hydrogen) atoms. The Balaban J connectivity index is 2.51. The minimum Gasteiger partial charge on any atom is -0.394 e. The SMILES string of the molecule is CC1C[C@@H](O)[C@H](O)[C@@H](CO)O1. The van der Waals surface area contributed by atoms with Crippen molar-refractivity contribution in [1.82, 2.24) is 0 Å². The van der Waals surface area contributed by atoms with Crippen LogP contribution in [0.25, 0.3) is 0 Å². The third-order valence-electron chi connectivity index (χ3n) is 1.94. The zero-order valence-corrected chi connectivity index (χ0v) is 6.47. The predicted octanol–water partition coefficient (Wildman–Crippen LogP) is -1.12. The van der Waals surface area contributed by atoms with Gasteiger partial charge in [-0.15, -0.1) is 0 Å². The van der Waals surface area contributed by atoms with Gasteiger partial charge in [0.25, 0.3) is 0 Å². The maximum atomic E-state index is 9.22. The topological polar surface area (TPSA) is 69.9 Å². The summed E-state index contributed by atoms with van der Waals surface area (Å²) >= 11 is 0. The fourth-order valence-electron chi connectivity index (χ4n) is 1.31. The van der Waals surface area contributed by atoms with Crippen LogP contribution < -0.4 is 0 Å². The molecule has 0 radical (unpaired) electrons. The number of hydrogen-bond acceptors (Lipinski definition) is 4. The molecule has 1 saturated heterocycles. The highest BCUT2D eigenvalue weighted by molar-refractivity contribution is 4.83. The summed E-state index contributed by atoms with van der Waals surface area (Å²) in [6.07, 6.45) is -2.01. The molecule has 4 nitrogen and oxygen atoms in total. The van der Waals surface area contributed by atoms with Crippen LogP contribution in [0, 0.1) is 0 Å². The van der Waals surface area contributed by atoms with E-state index in [0.717, 1.165) is 0 Å². The lowest BCUT2D eigenvalue weighted by molar-refractivity contribution is -0.174. The molecule has 0 aromatic heterocycles. The van der Waals surface area contributed by atoms with Crippen LogP contribution in [0.2, 0.25) is 0 Å². The van der Waals surface area contributed by atoms with E-state index in [0.29, 0.717) is 6.42 Å². The molecule has 1 heterocycles. The average molecular weight is 162 g/mol. The molecule has 1 aliphatic rings. The maximum Gasteiger partial charge on any atom is 0.109 e. The van der Waals surface area contributed by atoms with E-state index in [1.165, 1.54) is 0 Å². The van der Waals surface area contributed by atoms with Crippen molar-refractivity contribution in [2.75, 3.05) is 6.61 Å². The van der Waals surface area contributed by atoms with Gasteiger partial charge in [-0.1, -0.05) is 0 Å². The van der Waals surface area contributed by atoms with Crippen LogP contribution in [0.5, 0.6) is 0 Å². The van der Waals surface area contributed by atoms with Crippen molar-refractivity contribution >= 4 is 0 Å². The van der Waals surface area contributed by atoms with E-state index in [4.69, 9.17) is 9.84 Å². The lowest BCUT2D eigenvalue weighted by Crippen LogP contribution is -2.49. The Morgan fingerprint density at radius 2 is 2.09 bits per heavy atom. The summed E-state index contributed by atoms with van der Waals surface area (Å²) < 4.78 is 5.16. The number of rotatable bonds is 1. The first-order valence-corrected chi connectivity index (χ1v) is 3.77. The first-order chi connectivity index (χ1) is 5.15. The number of aliphatic hydroxyl groups is 3. The maximum absolute atomic E-state index is 9.22.